The lowest BCUT2D eigenvalue weighted by molar-refractivity contribution is -0.137. The van der Waals surface area contributed by atoms with Crippen molar-refractivity contribution < 1.29 is 27.5 Å². The predicted octanol–water partition coefficient (Wildman–Crippen LogP) is 2.28. The number of carbonyl (C=O) groups is 2. The number of halogens is 3. The van der Waals surface area contributed by atoms with Crippen LogP contribution in [0.5, 0.6) is 0 Å². The van der Waals surface area contributed by atoms with E-state index in [2.05, 4.69) is 0 Å². The zero-order valence-corrected chi connectivity index (χ0v) is 18.8. The molecular weight excluding hydrogens is 451 g/mol. The van der Waals surface area contributed by atoms with Crippen LogP contribution in [0.15, 0.2) is 18.2 Å². The molecule has 2 N–H and O–H groups in total. The first-order valence-corrected chi connectivity index (χ1v) is 11.5. The monoisotopic (exact) mass is 479 g/mol. The molecule has 4 rings (SSSR count). The number of hydrogen-bond donors (Lipinski definition) is 1. The van der Waals surface area contributed by atoms with Crippen LogP contribution in [0.3, 0.4) is 0 Å². The highest BCUT2D eigenvalue weighted by Crippen LogP contribution is 2.40. The molecule has 0 aliphatic carbocycles. The molecule has 3 saturated heterocycles. The molecule has 3 amide bonds. The minimum Gasteiger partial charge on any atom is -0.378 e. The van der Waals surface area contributed by atoms with Gasteiger partial charge in [0, 0.05) is 45.0 Å². The molecule has 3 aliphatic rings. The summed E-state index contributed by atoms with van der Waals surface area (Å²) in [6, 6.07) is 5.21. The summed E-state index contributed by atoms with van der Waals surface area (Å²) in [6.07, 6.45) is -3.23. The lowest BCUT2D eigenvalue weighted by atomic mass is 9.78. The third-order valence-corrected chi connectivity index (χ3v) is 7.22. The molecule has 0 spiro atoms. The summed E-state index contributed by atoms with van der Waals surface area (Å²) in [5.41, 5.74) is 4.58. The highest BCUT2D eigenvalue weighted by atomic mass is 19.4. The van der Waals surface area contributed by atoms with E-state index in [9.17, 15) is 22.8 Å². The van der Waals surface area contributed by atoms with Gasteiger partial charge in [-0.15, -0.1) is 0 Å². The Morgan fingerprint density at radius 3 is 2.29 bits per heavy atom. The van der Waals surface area contributed by atoms with E-state index in [0.29, 0.717) is 64.5 Å². The van der Waals surface area contributed by atoms with E-state index < -0.39 is 29.1 Å². The fraction of sp³-hybridized carbons (Fsp3) is 0.609. The number of hydrogen-bond acceptors (Lipinski definition) is 5. The Bertz CT molecular complexity index is 966. The lowest BCUT2D eigenvalue weighted by Gasteiger charge is -2.39. The van der Waals surface area contributed by atoms with E-state index in [0.717, 1.165) is 6.07 Å². The van der Waals surface area contributed by atoms with Crippen LogP contribution in [0, 0.1) is 29.1 Å². The number of anilines is 1. The van der Waals surface area contributed by atoms with Crippen molar-refractivity contribution in [1.29, 1.82) is 5.26 Å². The summed E-state index contributed by atoms with van der Waals surface area (Å²) in [5.74, 6) is -0.930. The molecule has 11 heteroatoms. The van der Waals surface area contributed by atoms with Gasteiger partial charge in [-0.05, 0) is 42.9 Å². The van der Waals surface area contributed by atoms with E-state index in [1.54, 1.807) is 15.9 Å². The first-order chi connectivity index (χ1) is 16.2. The van der Waals surface area contributed by atoms with Gasteiger partial charge in [0.15, 0.2) is 0 Å². The van der Waals surface area contributed by atoms with E-state index in [-0.39, 0.29) is 24.4 Å². The molecule has 1 aromatic rings. The Labute approximate surface area is 196 Å². The van der Waals surface area contributed by atoms with Gasteiger partial charge in [-0.3, -0.25) is 4.79 Å². The van der Waals surface area contributed by atoms with Crippen LogP contribution in [0.25, 0.3) is 0 Å². The van der Waals surface area contributed by atoms with E-state index >= 15 is 0 Å². The van der Waals surface area contributed by atoms with Crippen LogP contribution in [0.4, 0.5) is 23.7 Å². The number of carbonyl (C=O) groups excluding carboxylic acids is 2. The highest BCUT2D eigenvalue weighted by molar-refractivity contribution is 5.79. The molecule has 0 radical (unpaired) electrons. The summed E-state index contributed by atoms with van der Waals surface area (Å²) >= 11 is 0. The summed E-state index contributed by atoms with van der Waals surface area (Å²) in [5, 5.41) is 9.05. The summed E-state index contributed by atoms with van der Waals surface area (Å²) in [4.78, 5) is 30.3. The molecule has 2 atom stereocenters. The van der Waals surface area contributed by atoms with Gasteiger partial charge in [0.2, 0.25) is 5.91 Å². The van der Waals surface area contributed by atoms with Crippen LogP contribution in [-0.4, -0.2) is 74.2 Å². The Morgan fingerprint density at radius 1 is 1.06 bits per heavy atom. The Balaban J connectivity index is 1.45. The normalized spacial score (nSPS) is 24.2. The van der Waals surface area contributed by atoms with Gasteiger partial charge in [0.1, 0.15) is 0 Å². The third-order valence-electron chi connectivity index (χ3n) is 7.22. The van der Waals surface area contributed by atoms with Gasteiger partial charge in [0.05, 0.1) is 36.3 Å². The van der Waals surface area contributed by atoms with E-state index in [4.69, 9.17) is 15.7 Å². The fourth-order valence-corrected chi connectivity index (χ4v) is 5.35. The topological polar surface area (TPSA) is 103 Å². The number of piperidine rings is 1. The van der Waals surface area contributed by atoms with Crippen molar-refractivity contribution in [3.8, 4) is 6.07 Å². The van der Waals surface area contributed by atoms with Crippen molar-refractivity contribution in [2.24, 2.45) is 23.5 Å². The van der Waals surface area contributed by atoms with Crippen molar-refractivity contribution in [1.82, 2.24) is 9.80 Å². The third kappa shape index (κ3) is 4.92. The molecule has 3 heterocycles. The number of ether oxygens (including phenoxy) is 1. The second-order valence-electron chi connectivity index (χ2n) is 9.12. The quantitative estimate of drug-likeness (QED) is 0.717. The number of alkyl halides is 3. The van der Waals surface area contributed by atoms with Gasteiger partial charge < -0.3 is 25.2 Å². The van der Waals surface area contributed by atoms with E-state index in [1.165, 1.54) is 12.1 Å². The number of morpholine rings is 1. The number of urea groups is 1. The number of nitrogens with zero attached hydrogens (tertiary/aromatic N) is 4. The van der Waals surface area contributed by atoms with Gasteiger partial charge in [0.25, 0.3) is 0 Å². The van der Waals surface area contributed by atoms with Crippen LogP contribution < -0.4 is 10.6 Å². The second kappa shape index (κ2) is 9.70. The average Bonchev–Trinajstić information content (AvgIpc) is 3.29. The van der Waals surface area contributed by atoms with Crippen molar-refractivity contribution >= 4 is 17.6 Å². The van der Waals surface area contributed by atoms with Crippen LogP contribution in [0.2, 0.25) is 0 Å². The van der Waals surface area contributed by atoms with Gasteiger partial charge >= 0.3 is 12.2 Å². The summed E-state index contributed by atoms with van der Waals surface area (Å²) in [7, 11) is 0. The molecule has 0 aromatic heterocycles. The van der Waals surface area contributed by atoms with E-state index in [1.807, 2.05) is 4.90 Å². The predicted molar refractivity (Wildman–Crippen MR) is 117 cm³/mol. The zero-order valence-electron chi connectivity index (χ0n) is 18.8. The number of benzene rings is 1. The number of likely N-dealkylation sites (tertiary alicyclic amines) is 1. The molecule has 3 fully saturated rings. The smallest absolute Gasteiger partial charge is 0.378 e. The van der Waals surface area contributed by atoms with Crippen molar-refractivity contribution in [3.63, 3.8) is 0 Å². The second-order valence-corrected chi connectivity index (χ2v) is 9.12. The van der Waals surface area contributed by atoms with Crippen LogP contribution in [-0.2, 0) is 15.7 Å². The van der Waals surface area contributed by atoms with Gasteiger partial charge in [-0.1, -0.05) is 0 Å². The standard InChI is InChI=1S/C23H28F3N5O3/c24-23(25,26)20-11-17(2-1-16(20)12-27)31-13-18(19(14-31)21(28)32)15-3-5-29(6-4-15)22(33)30-7-9-34-10-8-30/h1-2,11,15,18-19H,3-10,13-14H2,(H2,28,32)/t18-,19+/m0/s1. The number of primary amides is 1. The molecule has 0 bridgehead atoms. The summed E-state index contributed by atoms with van der Waals surface area (Å²) < 4.78 is 45.6. The number of nitrogens with two attached hydrogens (primary N) is 1. The molecule has 0 saturated carbocycles. The Morgan fingerprint density at radius 2 is 1.71 bits per heavy atom. The number of amides is 3. The minimum atomic E-state index is -4.65. The van der Waals surface area contributed by atoms with Crippen LogP contribution in [0.1, 0.15) is 24.0 Å². The van der Waals surface area contributed by atoms with Gasteiger partial charge in [-0.25, -0.2) is 4.79 Å². The average molecular weight is 480 g/mol. The SMILES string of the molecule is N#Cc1ccc(N2C[C@@H](C(N)=O)[C@H](C3CCN(C(=O)N4CCOCC4)CC3)C2)cc1C(F)(F)F. The maximum absolute atomic E-state index is 13.4. The lowest BCUT2D eigenvalue weighted by Crippen LogP contribution is -2.51. The van der Waals surface area contributed by atoms with Crippen molar-refractivity contribution in [3.05, 3.63) is 29.3 Å². The molecule has 3 aliphatic heterocycles. The molecular formula is C23H28F3N5O3. The van der Waals surface area contributed by atoms with Crippen LogP contribution >= 0.6 is 0 Å². The fourth-order valence-electron chi connectivity index (χ4n) is 5.35. The van der Waals surface area contributed by atoms with Gasteiger partial charge in [-0.2, -0.15) is 18.4 Å². The van der Waals surface area contributed by atoms with Crippen molar-refractivity contribution in [2.45, 2.75) is 19.0 Å². The summed E-state index contributed by atoms with van der Waals surface area (Å²) in [6.45, 7) is 3.98. The molecule has 8 nitrogen and oxygen atoms in total. The number of nitriles is 1. The highest BCUT2D eigenvalue weighted by Gasteiger charge is 2.43. The Kier molecular flexibility index (Phi) is 6.89. The molecule has 184 valence electrons. The molecule has 1 aromatic carbocycles. The number of rotatable bonds is 3. The maximum Gasteiger partial charge on any atom is 0.417 e. The molecule has 34 heavy (non-hydrogen) atoms. The van der Waals surface area contributed by atoms with Crippen molar-refractivity contribution in [2.75, 3.05) is 57.4 Å². The largest absolute Gasteiger partial charge is 0.417 e. The first-order valence-electron chi connectivity index (χ1n) is 11.5. The molecule has 0 unspecified atom stereocenters. The maximum atomic E-state index is 13.4. The Hall–Kier alpha value is -3.00. The first kappa shape index (κ1) is 24.1. The zero-order chi connectivity index (χ0) is 24.5. The minimum absolute atomic E-state index is 0.00138.